The van der Waals surface area contributed by atoms with Crippen LogP contribution in [0.15, 0.2) is 53.9 Å². The highest BCUT2D eigenvalue weighted by molar-refractivity contribution is 7.73. The van der Waals surface area contributed by atoms with Gasteiger partial charge in [-0.15, -0.1) is 11.3 Å². The zero-order valence-corrected chi connectivity index (χ0v) is 13.2. The Morgan fingerprint density at radius 1 is 1.05 bits per heavy atom. The van der Waals surface area contributed by atoms with Crippen molar-refractivity contribution in [3.8, 4) is 16.9 Å². The number of benzene rings is 2. The normalized spacial score (nSPS) is 10.7. The topological polar surface area (TPSA) is 4.93 Å². The third-order valence-corrected chi connectivity index (χ3v) is 4.65. The van der Waals surface area contributed by atoms with E-state index in [-0.39, 0.29) is 0 Å². The number of nitrogens with zero attached hydrogens (tertiary/aromatic N) is 1. The summed E-state index contributed by atoms with van der Waals surface area (Å²) in [7, 11) is 0. The largest absolute Gasteiger partial charge is 0.290 e. The molecule has 1 aromatic heterocycles. The average molecular weight is 318 g/mol. The van der Waals surface area contributed by atoms with Gasteiger partial charge in [-0.05, 0) is 36.8 Å². The van der Waals surface area contributed by atoms with Gasteiger partial charge in [0, 0.05) is 5.38 Å². The van der Waals surface area contributed by atoms with Crippen LogP contribution in [0.2, 0.25) is 5.02 Å². The average Bonchev–Trinajstić information content (AvgIpc) is 2.82. The van der Waals surface area contributed by atoms with Crippen LogP contribution in [0.25, 0.3) is 16.9 Å². The van der Waals surface area contributed by atoms with Gasteiger partial charge in [-0.25, -0.2) is 0 Å². The molecule has 0 aliphatic carbocycles. The van der Waals surface area contributed by atoms with Gasteiger partial charge in [-0.1, -0.05) is 53.6 Å². The Bertz CT molecular complexity index is 800. The first-order valence-electron chi connectivity index (χ1n) is 6.19. The zero-order chi connectivity index (χ0) is 14.1. The lowest BCUT2D eigenvalue weighted by Crippen LogP contribution is -1.97. The van der Waals surface area contributed by atoms with Crippen LogP contribution in [-0.4, -0.2) is 4.57 Å². The Hall–Kier alpha value is -1.42. The summed E-state index contributed by atoms with van der Waals surface area (Å²) in [6.07, 6.45) is 0. The summed E-state index contributed by atoms with van der Waals surface area (Å²) < 4.78 is 2.83. The molecular weight excluding hydrogens is 306 g/mol. The van der Waals surface area contributed by atoms with Gasteiger partial charge in [-0.2, -0.15) is 0 Å². The van der Waals surface area contributed by atoms with Crippen LogP contribution >= 0.6 is 35.2 Å². The van der Waals surface area contributed by atoms with Gasteiger partial charge in [0.1, 0.15) is 0 Å². The van der Waals surface area contributed by atoms with Crippen molar-refractivity contribution < 1.29 is 0 Å². The maximum absolute atomic E-state index is 6.31. The second kappa shape index (κ2) is 5.52. The van der Waals surface area contributed by atoms with E-state index in [0.29, 0.717) is 5.02 Å². The number of para-hydroxylation sites is 1. The summed E-state index contributed by atoms with van der Waals surface area (Å²) in [6.45, 7) is 2.08. The standard InChI is InChI=1S/C16H12ClNS2/c1-11-6-8-12(9-7-11)15-10-20-16(19)18(15)14-5-3-2-4-13(14)17/h2-10H,1H3. The van der Waals surface area contributed by atoms with Crippen LogP contribution in [0, 0.1) is 10.9 Å². The van der Waals surface area contributed by atoms with Crippen molar-refractivity contribution in [3.05, 3.63) is 68.5 Å². The summed E-state index contributed by atoms with van der Waals surface area (Å²) in [6, 6.07) is 16.2. The van der Waals surface area contributed by atoms with Gasteiger partial charge in [0.15, 0.2) is 3.95 Å². The van der Waals surface area contributed by atoms with E-state index < -0.39 is 0 Å². The number of aromatic nitrogens is 1. The smallest absolute Gasteiger partial charge is 0.166 e. The lowest BCUT2D eigenvalue weighted by atomic mass is 10.1. The van der Waals surface area contributed by atoms with E-state index in [4.69, 9.17) is 23.8 Å². The first kappa shape index (κ1) is 13.6. The van der Waals surface area contributed by atoms with Gasteiger partial charge in [0.2, 0.25) is 0 Å². The minimum absolute atomic E-state index is 0.704. The molecule has 3 rings (SSSR count). The number of aryl methyl sites for hydroxylation is 1. The van der Waals surface area contributed by atoms with Crippen molar-refractivity contribution in [3.63, 3.8) is 0 Å². The fraction of sp³-hybridized carbons (Fsp3) is 0.0625. The lowest BCUT2D eigenvalue weighted by molar-refractivity contribution is 1.08. The first-order valence-corrected chi connectivity index (χ1v) is 7.86. The molecule has 0 aliphatic heterocycles. The molecule has 0 spiro atoms. The minimum atomic E-state index is 0.704. The fourth-order valence-corrected chi connectivity index (χ4v) is 3.41. The molecular formula is C16H12ClNS2. The highest BCUT2D eigenvalue weighted by Crippen LogP contribution is 2.30. The van der Waals surface area contributed by atoms with E-state index >= 15 is 0 Å². The summed E-state index contributed by atoms with van der Waals surface area (Å²) in [5.41, 5.74) is 4.39. The molecule has 0 aliphatic rings. The van der Waals surface area contributed by atoms with Crippen LogP contribution in [0.3, 0.4) is 0 Å². The molecule has 0 N–H and O–H groups in total. The Morgan fingerprint density at radius 3 is 2.45 bits per heavy atom. The van der Waals surface area contributed by atoms with Gasteiger partial charge in [0.05, 0.1) is 16.4 Å². The summed E-state index contributed by atoms with van der Waals surface area (Å²) in [5.74, 6) is 0. The van der Waals surface area contributed by atoms with Gasteiger partial charge in [0.25, 0.3) is 0 Å². The molecule has 1 nitrogen and oxygen atoms in total. The predicted octanol–water partition coefficient (Wildman–Crippen LogP) is 5.90. The highest BCUT2D eigenvalue weighted by atomic mass is 35.5. The summed E-state index contributed by atoms with van der Waals surface area (Å²) >= 11 is 13.3. The van der Waals surface area contributed by atoms with E-state index in [1.165, 1.54) is 5.56 Å². The number of hydrogen-bond donors (Lipinski definition) is 0. The Kier molecular flexibility index (Phi) is 3.74. The first-order chi connectivity index (χ1) is 9.66. The molecule has 4 heteroatoms. The Morgan fingerprint density at radius 2 is 1.75 bits per heavy atom. The quantitative estimate of drug-likeness (QED) is 0.533. The van der Waals surface area contributed by atoms with E-state index in [1.807, 2.05) is 28.8 Å². The van der Waals surface area contributed by atoms with Crippen LogP contribution < -0.4 is 0 Å². The molecule has 0 unspecified atom stereocenters. The maximum atomic E-state index is 6.31. The van der Waals surface area contributed by atoms with Crippen molar-refractivity contribution in [2.45, 2.75) is 6.92 Å². The number of thiazole rings is 1. The van der Waals surface area contributed by atoms with Crippen LogP contribution in [0.1, 0.15) is 5.56 Å². The second-order valence-electron chi connectivity index (χ2n) is 4.54. The predicted molar refractivity (Wildman–Crippen MR) is 89.7 cm³/mol. The molecule has 0 radical (unpaired) electrons. The van der Waals surface area contributed by atoms with Crippen molar-refractivity contribution in [2.75, 3.05) is 0 Å². The van der Waals surface area contributed by atoms with E-state index in [1.54, 1.807) is 11.3 Å². The molecule has 3 aromatic rings. The third kappa shape index (κ3) is 2.44. The van der Waals surface area contributed by atoms with Gasteiger partial charge in [-0.3, -0.25) is 4.57 Å². The van der Waals surface area contributed by atoms with Crippen molar-refractivity contribution >= 4 is 35.2 Å². The van der Waals surface area contributed by atoms with Crippen LogP contribution in [-0.2, 0) is 0 Å². The van der Waals surface area contributed by atoms with Gasteiger partial charge >= 0.3 is 0 Å². The Balaban J connectivity index is 2.23. The second-order valence-corrected chi connectivity index (χ2v) is 6.45. The number of hydrogen-bond acceptors (Lipinski definition) is 2. The van der Waals surface area contributed by atoms with Crippen LogP contribution in [0.5, 0.6) is 0 Å². The van der Waals surface area contributed by atoms with Crippen molar-refractivity contribution in [2.24, 2.45) is 0 Å². The van der Waals surface area contributed by atoms with Gasteiger partial charge < -0.3 is 0 Å². The molecule has 0 atom stereocenters. The molecule has 0 saturated carbocycles. The molecule has 0 amide bonds. The van der Waals surface area contributed by atoms with Crippen LogP contribution in [0.4, 0.5) is 0 Å². The fourth-order valence-electron chi connectivity index (χ4n) is 2.09. The number of rotatable bonds is 2. The lowest BCUT2D eigenvalue weighted by Gasteiger charge is -2.10. The molecule has 100 valence electrons. The summed E-state index contributed by atoms with van der Waals surface area (Å²) in [5, 5.41) is 2.78. The molecule has 2 aromatic carbocycles. The molecule has 0 saturated heterocycles. The maximum Gasteiger partial charge on any atom is 0.166 e. The Labute approximate surface area is 132 Å². The molecule has 20 heavy (non-hydrogen) atoms. The summed E-state index contributed by atoms with van der Waals surface area (Å²) in [4.78, 5) is 0. The number of halogens is 1. The van der Waals surface area contributed by atoms with E-state index in [2.05, 4.69) is 36.6 Å². The SMILES string of the molecule is Cc1ccc(-c2csc(=S)n2-c2ccccc2Cl)cc1. The molecule has 0 fully saturated rings. The van der Waals surface area contributed by atoms with Crippen molar-refractivity contribution in [1.29, 1.82) is 0 Å². The highest BCUT2D eigenvalue weighted by Gasteiger charge is 2.11. The van der Waals surface area contributed by atoms with Crippen molar-refractivity contribution in [1.82, 2.24) is 4.57 Å². The molecule has 0 bridgehead atoms. The third-order valence-electron chi connectivity index (χ3n) is 3.14. The monoisotopic (exact) mass is 317 g/mol. The van der Waals surface area contributed by atoms with E-state index in [0.717, 1.165) is 20.9 Å². The van der Waals surface area contributed by atoms with E-state index in [9.17, 15) is 0 Å². The zero-order valence-electron chi connectivity index (χ0n) is 10.8. The minimum Gasteiger partial charge on any atom is -0.290 e. The molecule has 1 heterocycles.